The fourth-order valence-electron chi connectivity index (χ4n) is 2.71. The molecule has 7 nitrogen and oxygen atoms in total. The Balaban J connectivity index is 1.60. The first-order chi connectivity index (χ1) is 13.3. The second kappa shape index (κ2) is 8.58. The number of nitrogens with zero attached hydrogens (tertiary/aromatic N) is 2. The minimum Gasteiger partial charge on any atom is -0.449 e. The average molecular weight is 422 g/mol. The van der Waals surface area contributed by atoms with E-state index in [1.807, 2.05) is 0 Å². The Hall–Kier alpha value is -2.64. The highest BCUT2D eigenvalue weighted by molar-refractivity contribution is 6.36. The van der Waals surface area contributed by atoms with Crippen LogP contribution in [0.5, 0.6) is 0 Å². The predicted octanol–water partition coefficient (Wildman–Crippen LogP) is 3.70. The maximum atomic E-state index is 12.3. The second-order valence-corrected chi connectivity index (χ2v) is 7.06. The topological polar surface area (TPSA) is 88.6 Å². The van der Waals surface area contributed by atoms with Crippen molar-refractivity contribution in [2.75, 3.05) is 16.8 Å². The number of nitrogens with one attached hydrogen (secondary N) is 1. The molecule has 3 rings (SSSR count). The monoisotopic (exact) mass is 421 g/mol. The zero-order chi connectivity index (χ0) is 20.3. The normalized spacial score (nSPS) is 14.7. The van der Waals surface area contributed by atoms with E-state index in [-0.39, 0.29) is 22.3 Å². The molecule has 0 radical (unpaired) electrons. The molecule has 1 atom stereocenters. The Morgan fingerprint density at radius 2 is 1.96 bits per heavy atom. The van der Waals surface area contributed by atoms with E-state index in [9.17, 15) is 14.4 Å². The average Bonchev–Trinajstić information content (AvgIpc) is 3.10. The summed E-state index contributed by atoms with van der Waals surface area (Å²) in [7, 11) is 0. The molecule has 1 aromatic carbocycles. The molecule has 1 unspecified atom stereocenters. The van der Waals surface area contributed by atoms with Crippen LogP contribution >= 0.6 is 23.2 Å². The Kier molecular flexibility index (Phi) is 6.16. The van der Waals surface area contributed by atoms with Gasteiger partial charge in [-0.15, -0.1) is 0 Å². The first-order valence-corrected chi connectivity index (χ1v) is 9.34. The van der Waals surface area contributed by atoms with E-state index in [0.29, 0.717) is 18.0 Å². The quantitative estimate of drug-likeness (QED) is 0.743. The van der Waals surface area contributed by atoms with Crippen LogP contribution in [0.25, 0.3) is 0 Å². The van der Waals surface area contributed by atoms with Crippen molar-refractivity contribution >= 4 is 52.5 Å². The summed E-state index contributed by atoms with van der Waals surface area (Å²) in [5.74, 6) is -1.05. The van der Waals surface area contributed by atoms with Crippen LogP contribution in [-0.4, -0.2) is 35.4 Å². The highest BCUT2D eigenvalue weighted by Crippen LogP contribution is 2.23. The van der Waals surface area contributed by atoms with Gasteiger partial charge in [0.05, 0.1) is 15.6 Å². The van der Waals surface area contributed by atoms with Crippen LogP contribution in [-0.2, 0) is 14.3 Å². The minimum absolute atomic E-state index is 0.0649. The molecule has 146 valence electrons. The number of aromatic nitrogens is 1. The fraction of sp³-hybridized carbons (Fsp3) is 0.263. The lowest BCUT2D eigenvalue weighted by atomic mass is 10.2. The van der Waals surface area contributed by atoms with Gasteiger partial charge >= 0.3 is 5.97 Å². The highest BCUT2D eigenvalue weighted by atomic mass is 35.5. The van der Waals surface area contributed by atoms with Crippen LogP contribution in [0.3, 0.4) is 0 Å². The number of halogens is 2. The van der Waals surface area contributed by atoms with Gasteiger partial charge in [0.15, 0.2) is 11.9 Å². The van der Waals surface area contributed by atoms with Gasteiger partial charge in [-0.05, 0) is 43.7 Å². The van der Waals surface area contributed by atoms with Crippen molar-refractivity contribution in [3.05, 3.63) is 52.1 Å². The van der Waals surface area contributed by atoms with Gasteiger partial charge in [-0.3, -0.25) is 9.59 Å². The molecule has 1 fully saturated rings. The molecule has 9 heteroatoms. The third kappa shape index (κ3) is 4.61. The van der Waals surface area contributed by atoms with Gasteiger partial charge in [0, 0.05) is 24.8 Å². The molecule has 2 amide bonds. The molecule has 1 aliphatic rings. The summed E-state index contributed by atoms with van der Waals surface area (Å²) in [4.78, 5) is 41.9. The molecule has 28 heavy (non-hydrogen) atoms. The number of benzene rings is 1. The summed E-state index contributed by atoms with van der Waals surface area (Å²) >= 11 is 11.7. The van der Waals surface area contributed by atoms with E-state index in [4.69, 9.17) is 27.9 Å². The number of hydrogen-bond donors (Lipinski definition) is 1. The SMILES string of the molecule is CC(OC(=O)c1ccc(N2CCCC2=O)cc1)C(=O)Nc1ncc(Cl)cc1Cl. The molecule has 1 saturated heterocycles. The van der Waals surface area contributed by atoms with E-state index < -0.39 is 18.0 Å². The molecule has 1 aliphatic heterocycles. The van der Waals surface area contributed by atoms with Gasteiger partial charge < -0.3 is 15.0 Å². The maximum Gasteiger partial charge on any atom is 0.338 e. The second-order valence-electron chi connectivity index (χ2n) is 6.22. The minimum atomic E-state index is -1.07. The molecule has 0 spiro atoms. The zero-order valence-electron chi connectivity index (χ0n) is 14.9. The van der Waals surface area contributed by atoms with E-state index in [0.717, 1.165) is 12.1 Å². The lowest BCUT2D eigenvalue weighted by Gasteiger charge is -2.16. The van der Waals surface area contributed by atoms with Crippen molar-refractivity contribution in [3.63, 3.8) is 0 Å². The molecular formula is C19H17Cl2N3O4. The third-order valence-electron chi connectivity index (χ3n) is 4.19. The van der Waals surface area contributed by atoms with Crippen molar-refractivity contribution in [1.82, 2.24) is 4.98 Å². The van der Waals surface area contributed by atoms with E-state index in [1.165, 1.54) is 19.2 Å². The number of esters is 1. The summed E-state index contributed by atoms with van der Waals surface area (Å²) in [6.45, 7) is 2.11. The van der Waals surface area contributed by atoms with E-state index >= 15 is 0 Å². The van der Waals surface area contributed by atoms with Gasteiger partial charge in [-0.2, -0.15) is 0 Å². The van der Waals surface area contributed by atoms with Gasteiger partial charge in [-0.1, -0.05) is 23.2 Å². The summed E-state index contributed by atoms with van der Waals surface area (Å²) in [5, 5.41) is 2.99. The number of hydrogen-bond acceptors (Lipinski definition) is 5. The van der Waals surface area contributed by atoms with Crippen LogP contribution in [0, 0.1) is 0 Å². The molecule has 0 saturated carbocycles. The van der Waals surface area contributed by atoms with Crippen LogP contribution in [0.4, 0.5) is 11.5 Å². The summed E-state index contributed by atoms with van der Waals surface area (Å²) in [6.07, 6.45) is 1.62. The molecule has 1 aromatic heterocycles. The molecule has 0 bridgehead atoms. The first-order valence-electron chi connectivity index (χ1n) is 8.58. The van der Waals surface area contributed by atoms with Crippen LogP contribution in [0.15, 0.2) is 36.5 Å². The Bertz CT molecular complexity index is 918. The predicted molar refractivity (Wildman–Crippen MR) is 106 cm³/mol. The van der Waals surface area contributed by atoms with Crippen molar-refractivity contribution in [3.8, 4) is 0 Å². The first kappa shape index (κ1) is 20.1. The highest BCUT2D eigenvalue weighted by Gasteiger charge is 2.23. The number of amides is 2. The molecule has 2 aromatic rings. The van der Waals surface area contributed by atoms with E-state index in [2.05, 4.69) is 10.3 Å². The fourth-order valence-corrected chi connectivity index (χ4v) is 3.13. The number of rotatable bonds is 5. The van der Waals surface area contributed by atoms with Crippen molar-refractivity contribution in [2.45, 2.75) is 25.9 Å². The molecule has 0 aliphatic carbocycles. The Labute approximate surface area is 171 Å². The molecular weight excluding hydrogens is 405 g/mol. The summed E-state index contributed by atoms with van der Waals surface area (Å²) in [5.41, 5.74) is 1.01. The summed E-state index contributed by atoms with van der Waals surface area (Å²) in [6, 6.07) is 7.93. The zero-order valence-corrected chi connectivity index (χ0v) is 16.5. The lowest BCUT2D eigenvalue weighted by molar-refractivity contribution is -0.123. The van der Waals surface area contributed by atoms with Crippen LogP contribution in [0.1, 0.15) is 30.1 Å². The van der Waals surface area contributed by atoms with Crippen LogP contribution < -0.4 is 10.2 Å². The van der Waals surface area contributed by atoms with Crippen LogP contribution in [0.2, 0.25) is 10.0 Å². The molecule has 1 N–H and O–H groups in total. The standard InChI is InChI=1S/C19H17Cl2N3O4/c1-11(18(26)23-17-15(21)9-13(20)10-22-17)28-19(27)12-4-6-14(7-5-12)24-8-2-3-16(24)25/h4-7,9-11H,2-3,8H2,1H3,(H,22,23,26). The number of carbonyl (C=O) groups excluding carboxylic acids is 3. The molecule has 2 heterocycles. The third-order valence-corrected chi connectivity index (χ3v) is 4.69. The summed E-state index contributed by atoms with van der Waals surface area (Å²) < 4.78 is 5.19. The largest absolute Gasteiger partial charge is 0.449 e. The maximum absolute atomic E-state index is 12.3. The number of carbonyl (C=O) groups is 3. The van der Waals surface area contributed by atoms with Gasteiger partial charge in [0.1, 0.15) is 0 Å². The number of anilines is 2. The van der Waals surface area contributed by atoms with E-state index in [1.54, 1.807) is 29.2 Å². The van der Waals surface area contributed by atoms with Crippen molar-refractivity contribution in [1.29, 1.82) is 0 Å². The Morgan fingerprint density at radius 3 is 2.57 bits per heavy atom. The van der Waals surface area contributed by atoms with Gasteiger partial charge in [-0.25, -0.2) is 9.78 Å². The van der Waals surface area contributed by atoms with Gasteiger partial charge in [0.25, 0.3) is 5.91 Å². The van der Waals surface area contributed by atoms with Gasteiger partial charge in [0.2, 0.25) is 5.91 Å². The number of pyridine rings is 1. The van der Waals surface area contributed by atoms with Crippen molar-refractivity contribution in [2.24, 2.45) is 0 Å². The van der Waals surface area contributed by atoms with Crippen molar-refractivity contribution < 1.29 is 19.1 Å². The smallest absolute Gasteiger partial charge is 0.338 e. The lowest BCUT2D eigenvalue weighted by Crippen LogP contribution is -2.30. The number of ether oxygens (including phenoxy) is 1. The Morgan fingerprint density at radius 1 is 1.25 bits per heavy atom.